The van der Waals surface area contributed by atoms with E-state index in [4.69, 9.17) is 0 Å². The Hall–Kier alpha value is -0.870. The maximum absolute atomic E-state index is 4.23. The zero-order chi connectivity index (χ0) is 13.2. The zero-order valence-electron chi connectivity index (χ0n) is 10.3. The van der Waals surface area contributed by atoms with Gasteiger partial charge in [-0.1, -0.05) is 28.1 Å². The fraction of sp³-hybridized carbons (Fsp3) is 0.267. The second-order valence-electron chi connectivity index (χ2n) is 4.90. The van der Waals surface area contributed by atoms with Gasteiger partial charge in [0.1, 0.15) is 4.60 Å². The Bertz CT molecular complexity index is 563. The van der Waals surface area contributed by atoms with Crippen molar-refractivity contribution in [2.75, 3.05) is 5.32 Å². The number of pyridine rings is 1. The second-order valence-corrected chi connectivity index (χ2v) is 6.57. The summed E-state index contributed by atoms with van der Waals surface area (Å²) in [6.07, 6.45) is 4.16. The fourth-order valence-electron chi connectivity index (χ4n) is 2.46. The summed E-state index contributed by atoms with van der Waals surface area (Å²) in [5.74, 6) is 0.682. The van der Waals surface area contributed by atoms with Crippen LogP contribution in [-0.2, 0) is 0 Å². The predicted octanol–water partition coefficient (Wildman–Crippen LogP) is 4.96. The van der Waals surface area contributed by atoms with Crippen molar-refractivity contribution >= 4 is 37.5 Å². The lowest BCUT2D eigenvalue weighted by atomic mass is 9.76. The van der Waals surface area contributed by atoms with Crippen molar-refractivity contribution in [1.29, 1.82) is 0 Å². The van der Waals surface area contributed by atoms with Crippen LogP contribution in [0.1, 0.15) is 24.3 Å². The minimum atomic E-state index is 0.550. The normalized spacial score (nSPS) is 21.8. The third kappa shape index (κ3) is 3.00. The molecule has 1 aromatic heterocycles. The van der Waals surface area contributed by atoms with Crippen molar-refractivity contribution in [3.8, 4) is 0 Å². The van der Waals surface area contributed by atoms with Gasteiger partial charge in [-0.15, -0.1) is 0 Å². The molecule has 0 saturated heterocycles. The fourth-order valence-corrected chi connectivity index (χ4v) is 3.09. The molecule has 1 aliphatic carbocycles. The molecule has 0 unspecified atom stereocenters. The summed E-state index contributed by atoms with van der Waals surface area (Å²) in [4.78, 5) is 4.23. The van der Waals surface area contributed by atoms with Crippen LogP contribution in [0.3, 0.4) is 0 Å². The smallest absolute Gasteiger partial charge is 0.129 e. The van der Waals surface area contributed by atoms with Crippen LogP contribution in [0.4, 0.5) is 5.69 Å². The van der Waals surface area contributed by atoms with E-state index in [0.29, 0.717) is 12.0 Å². The SMILES string of the molecule is Brc1ccc(C2CC(Nc3cccnc3Br)C2)cc1. The van der Waals surface area contributed by atoms with E-state index < -0.39 is 0 Å². The molecule has 0 aliphatic heterocycles. The summed E-state index contributed by atoms with van der Waals surface area (Å²) >= 11 is 6.94. The first-order valence-corrected chi connectivity index (χ1v) is 7.93. The lowest BCUT2D eigenvalue weighted by molar-refractivity contribution is 0.374. The van der Waals surface area contributed by atoms with Crippen molar-refractivity contribution < 1.29 is 0 Å². The zero-order valence-corrected chi connectivity index (χ0v) is 13.5. The van der Waals surface area contributed by atoms with Crippen molar-refractivity contribution in [3.63, 3.8) is 0 Å². The largest absolute Gasteiger partial charge is 0.380 e. The van der Waals surface area contributed by atoms with Crippen LogP contribution in [0.5, 0.6) is 0 Å². The number of hydrogen-bond donors (Lipinski definition) is 1. The van der Waals surface area contributed by atoms with Crippen molar-refractivity contribution in [2.45, 2.75) is 24.8 Å². The maximum Gasteiger partial charge on any atom is 0.129 e. The summed E-state index contributed by atoms with van der Waals surface area (Å²) in [6.45, 7) is 0. The van der Waals surface area contributed by atoms with Gasteiger partial charge in [-0.25, -0.2) is 4.98 Å². The van der Waals surface area contributed by atoms with E-state index in [0.717, 1.165) is 14.8 Å². The molecule has 98 valence electrons. The minimum Gasteiger partial charge on any atom is -0.380 e. The van der Waals surface area contributed by atoms with Crippen molar-refractivity contribution in [3.05, 3.63) is 57.2 Å². The standard InChI is InChI=1S/C15H14Br2N2/c16-12-5-3-10(4-6-12)11-8-13(9-11)19-14-2-1-7-18-15(14)17/h1-7,11,13,19H,8-9H2. The van der Waals surface area contributed by atoms with E-state index in [1.807, 2.05) is 6.07 Å². The first-order chi connectivity index (χ1) is 9.22. The van der Waals surface area contributed by atoms with Crippen molar-refractivity contribution in [2.24, 2.45) is 0 Å². The van der Waals surface area contributed by atoms with E-state index in [1.54, 1.807) is 6.20 Å². The van der Waals surface area contributed by atoms with Crippen LogP contribution in [0, 0.1) is 0 Å². The molecule has 0 spiro atoms. The van der Waals surface area contributed by atoms with Gasteiger partial charge in [-0.2, -0.15) is 0 Å². The van der Waals surface area contributed by atoms with E-state index >= 15 is 0 Å². The van der Waals surface area contributed by atoms with Gasteiger partial charge in [0, 0.05) is 16.7 Å². The summed E-state index contributed by atoms with van der Waals surface area (Å²) < 4.78 is 2.03. The van der Waals surface area contributed by atoms with Gasteiger partial charge in [0.05, 0.1) is 5.69 Å². The minimum absolute atomic E-state index is 0.550. The van der Waals surface area contributed by atoms with Crippen molar-refractivity contribution in [1.82, 2.24) is 4.98 Å². The van der Waals surface area contributed by atoms with Crippen LogP contribution in [-0.4, -0.2) is 11.0 Å². The molecule has 1 aromatic carbocycles. The first kappa shape index (κ1) is 13.1. The molecule has 0 atom stereocenters. The van der Waals surface area contributed by atoms with Crippen LogP contribution in [0.15, 0.2) is 51.7 Å². The van der Waals surface area contributed by atoms with E-state index in [2.05, 4.69) is 72.5 Å². The molecule has 3 rings (SSSR count). The Labute approximate surface area is 129 Å². The predicted molar refractivity (Wildman–Crippen MR) is 85.5 cm³/mol. The Morgan fingerprint density at radius 3 is 2.47 bits per heavy atom. The summed E-state index contributed by atoms with van der Waals surface area (Å²) in [7, 11) is 0. The molecule has 1 fully saturated rings. The summed E-state index contributed by atoms with van der Waals surface area (Å²) in [5, 5.41) is 3.54. The second kappa shape index (κ2) is 5.63. The third-order valence-electron chi connectivity index (χ3n) is 3.60. The number of aromatic nitrogens is 1. The highest BCUT2D eigenvalue weighted by Crippen LogP contribution is 2.39. The highest BCUT2D eigenvalue weighted by atomic mass is 79.9. The topological polar surface area (TPSA) is 24.9 Å². The van der Waals surface area contributed by atoms with E-state index in [1.165, 1.54) is 18.4 Å². The summed E-state index contributed by atoms with van der Waals surface area (Å²) in [6, 6.07) is 13.2. The maximum atomic E-state index is 4.23. The summed E-state index contributed by atoms with van der Waals surface area (Å²) in [5.41, 5.74) is 2.52. The number of anilines is 1. The van der Waals surface area contributed by atoms with Gasteiger partial charge in [0.25, 0.3) is 0 Å². The molecule has 0 amide bonds. The molecule has 0 bridgehead atoms. The van der Waals surface area contributed by atoms with Crippen LogP contribution < -0.4 is 5.32 Å². The Morgan fingerprint density at radius 2 is 1.79 bits per heavy atom. The van der Waals surface area contributed by atoms with Gasteiger partial charge >= 0.3 is 0 Å². The molecule has 1 saturated carbocycles. The molecule has 4 heteroatoms. The molecule has 0 radical (unpaired) electrons. The number of nitrogens with one attached hydrogen (secondary N) is 1. The number of halogens is 2. The van der Waals surface area contributed by atoms with Gasteiger partial charge in [0.2, 0.25) is 0 Å². The number of rotatable bonds is 3. The molecule has 19 heavy (non-hydrogen) atoms. The lowest BCUT2D eigenvalue weighted by Crippen LogP contribution is -2.34. The van der Waals surface area contributed by atoms with Crippen LogP contribution in [0.25, 0.3) is 0 Å². The monoisotopic (exact) mass is 380 g/mol. The van der Waals surface area contributed by atoms with Gasteiger partial charge < -0.3 is 5.32 Å². The quantitative estimate of drug-likeness (QED) is 0.759. The highest BCUT2D eigenvalue weighted by Gasteiger charge is 2.30. The average Bonchev–Trinajstić information content (AvgIpc) is 2.37. The molecule has 2 aromatic rings. The molecular weight excluding hydrogens is 368 g/mol. The van der Waals surface area contributed by atoms with Crippen LogP contribution in [0.2, 0.25) is 0 Å². The van der Waals surface area contributed by atoms with Gasteiger partial charge in [0.15, 0.2) is 0 Å². The Morgan fingerprint density at radius 1 is 1.05 bits per heavy atom. The average molecular weight is 382 g/mol. The number of benzene rings is 1. The molecule has 1 heterocycles. The highest BCUT2D eigenvalue weighted by molar-refractivity contribution is 9.10. The first-order valence-electron chi connectivity index (χ1n) is 6.35. The molecule has 2 nitrogen and oxygen atoms in total. The van der Waals surface area contributed by atoms with E-state index in [-0.39, 0.29) is 0 Å². The van der Waals surface area contributed by atoms with Gasteiger partial charge in [-0.3, -0.25) is 0 Å². The molecular formula is C15H14Br2N2. The number of nitrogens with zero attached hydrogens (tertiary/aromatic N) is 1. The van der Waals surface area contributed by atoms with E-state index in [9.17, 15) is 0 Å². The van der Waals surface area contributed by atoms with Gasteiger partial charge in [-0.05, 0) is 64.5 Å². The van der Waals surface area contributed by atoms with Crippen LogP contribution >= 0.6 is 31.9 Å². The molecule has 1 aliphatic rings. The lowest BCUT2D eigenvalue weighted by Gasteiger charge is -2.37. The molecule has 1 N–H and O–H groups in total. The Balaban J connectivity index is 1.58. The third-order valence-corrected chi connectivity index (χ3v) is 4.76. The Kier molecular flexibility index (Phi) is 3.89. The number of hydrogen-bond acceptors (Lipinski definition) is 2.